The van der Waals surface area contributed by atoms with Crippen molar-refractivity contribution in [1.82, 2.24) is 0 Å². The first-order valence-corrected chi connectivity index (χ1v) is 6.13. The summed E-state index contributed by atoms with van der Waals surface area (Å²) in [7, 11) is 1.40. The molecule has 2 aromatic rings. The van der Waals surface area contributed by atoms with Crippen LogP contribution in [-0.2, 0) is 5.92 Å². The van der Waals surface area contributed by atoms with E-state index in [1.54, 1.807) is 6.92 Å². The van der Waals surface area contributed by atoms with Crippen molar-refractivity contribution in [3.05, 3.63) is 49.8 Å². The molecule has 0 saturated heterocycles. The Bertz CT molecular complexity index is 749. The molecule has 0 aliphatic carbocycles. The molecule has 0 fully saturated rings. The Labute approximate surface area is 119 Å². The number of alkyl halides is 2. The fourth-order valence-corrected chi connectivity index (χ4v) is 1.93. The van der Waals surface area contributed by atoms with Crippen LogP contribution in [0.5, 0.6) is 5.75 Å². The van der Waals surface area contributed by atoms with Crippen LogP contribution in [0.3, 0.4) is 0 Å². The number of nitrogens with two attached hydrogens (primary N) is 1. The highest BCUT2D eigenvalue weighted by Crippen LogP contribution is 2.32. The minimum atomic E-state index is -3.24. The third-order valence-electron chi connectivity index (χ3n) is 3.26. The third-order valence-corrected chi connectivity index (χ3v) is 3.26. The molecule has 0 bridgehead atoms. The minimum absolute atomic E-state index is 0.251. The van der Waals surface area contributed by atoms with E-state index >= 15 is 0 Å². The van der Waals surface area contributed by atoms with Gasteiger partial charge < -0.3 is 15.8 Å². The molecular formula is C14H14F2N2O3. The molecule has 0 heterocycles. The summed E-state index contributed by atoms with van der Waals surface area (Å²) in [5, 5.41) is 2.23. The normalized spacial score (nSPS) is 11.6. The molecule has 2 aromatic carbocycles. The summed E-state index contributed by atoms with van der Waals surface area (Å²) in [6.45, 7) is 0.900. The van der Waals surface area contributed by atoms with Gasteiger partial charge in [0, 0.05) is 5.56 Å². The Morgan fingerprint density at radius 3 is 2.52 bits per heavy atom. The van der Waals surface area contributed by atoms with Crippen LogP contribution in [0, 0.1) is 6.92 Å². The van der Waals surface area contributed by atoms with Crippen molar-refractivity contribution in [3.63, 3.8) is 0 Å². The van der Waals surface area contributed by atoms with E-state index in [1.807, 2.05) is 0 Å². The molecule has 0 amide bonds. The average Bonchev–Trinajstić information content (AvgIpc) is 2.46. The molecular weight excluding hydrogens is 282 g/mol. The largest absolute Gasteiger partial charge is 0.496 e. The number of anilines is 2. The summed E-state index contributed by atoms with van der Waals surface area (Å²) in [5.41, 5.74) is 3.47. The van der Waals surface area contributed by atoms with Gasteiger partial charge in [-0.25, -0.2) is 0 Å². The molecule has 0 unspecified atom stereocenters. The molecule has 112 valence electrons. The molecule has 2 rings (SSSR count). The van der Waals surface area contributed by atoms with E-state index in [4.69, 9.17) is 10.5 Å². The van der Waals surface area contributed by atoms with Gasteiger partial charge in [-0.15, -0.1) is 0 Å². The Kier molecular flexibility index (Phi) is 3.67. The van der Waals surface area contributed by atoms with Gasteiger partial charge in [0.15, 0.2) is 0 Å². The first kappa shape index (κ1) is 15.0. The number of nitrogen functional groups attached to an aromatic ring is 1. The second-order valence-electron chi connectivity index (χ2n) is 4.69. The molecule has 0 aliphatic heterocycles. The van der Waals surface area contributed by atoms with E-state index in [1.165, 1.54) is 25.3 Å². The van der Waals surface area contributed by atoms with Gasteiger partial charge in [-0.3, -0.25) is 9.59 Å². The molecule has 7 heteroatoms. The van der Waals surface area contributed by atoms with E-state index < -0.39 is 23.3 Å². The van der Waals surface area contributed by atoms with Crippen LogP contribution in [0.1, 0.15) is 11.1 Å². The predicted octanol–water partition coefficient (Wildman–Crippen LogP) is 1.39. The summed E-state index contributed by atoms with van der Waals surface area (Å²) in [5.74, 6) is -2.89. The maximum atomic E-state index is 14.1. The molecule has 0 atom stereocenters. The second kappa shape index (κ2) is 5.16. The van der Waals surface area contributed by atoms with E-state index in [9.17, 15) is 18.4 Å². The zero-order chi connectivity index (χ0) is 15.8. The van der Waals surface area contributed by atoms with Gasteiger partial charge >= 0.3 is 0 Å². The smallest absolute Gasteiger partial charge is 0.290 e. The lowest BCUT2D eigenvalue weighted by Crippen LogP contribution is -2.39. The molecule has 3 N–H and O–H groups in total. The van der Waals surface area contributed by atoms with Crippen molar-refractivity contribution < 1.29 is 13.5 Å². The first-order chi connectivity index (χ1) is 9.77. The second-order valence-corrected chi connectivity index (χ2v) is 4.69. The van der Waals surface area contributed by atoms with Gasteiger partial charge in [0.25, 0.3) is 16.8 Å². The summed E-state index contributed by atoms with van der Waals surface area (Å²) in [4.78, 5) is 22.1. The molecule has 0 aliphatic rings. The lowest BCUT2D eigenvalue weighted by molar-refractivity contribution is 0.0104. The molecule has 21 heavy (non-hydrogen) atoms. The van der Waals surface area contributed by atoms with E-state index in [-0.39, 0.29) is 16.9 Å². The number of ether oxygens (including phenoxy) is 1. The predicted molar refractivity (Wildman–Crippen MR) is 75.9 cm³/mol. The van der Waals surface area contributed by atoms with Crippen molar-refractivity contribution in [2.24, 2.45) is 0 Å². The van der Waals surface area contributed by atoms with E-state index in [2.05, 4.69) is 5.32 Å². The van der Waals surface area contributed by atoms with Crippen LogP contribution < -0.4 is 26.6 Å². The highest BCUT2D eigenvalue weighted by atomic mass is 19.3. The van der Waals surface area contributed by atoms with Crippen molar-refractivity contribution in [1.29, 1.82) is 0 Å². The van der Waals surface area contributed by atoms with E-state index in [0.29, 0.717) is 5.75 Å². The molecule has 0 saturated carbocycles. The number of hydrogen-bond donors (Lipinski definition) is 2. The average molecular weight is 296 g/mol. The van der Waals surface area contributed by atoms with Crippen LogP contribution in [-0.4, -0.2) is 13.7 Å². The highest BCUT2D eigenvalue weighted by molar-refractivity contribution is 5.71. The first-order valence-electron chi connectivity index (χ1n) is 6.13. The van der Waals surface area contributed by atoms with Crippen molar-refractivity contribution in [3.8, 4) is 5.75 Å². The van der Waals surface area contributed by atoms with E-state index in [0.717, 1.165) is 5.56 Å². The zero-order valence-corrected chi connectivity index (χ0v) is 11.5. The number of benzene rings is 1. The number of nitrogens with one attached hydrogen (secondary N) is 1. The van der Waals surface area contributed by atoms with Crippen molar-refractivity contribution in [2.45, 2.75) is 12.8 Å². The van der Waals surface area contributed by atoms with Crippen LogP contribution in [0.2, 0.25) is 0 Å². The number of methoxy groups -OCH3 is 1. The lowest BCUT2D eigenvalue weighted by atomic mass is 10.0. The van der Waals surface area contributed by atoms with Crippen LogP contribution in [0.25, 0.3) is 0 Å². The standard InChI is InChI=1S/C14H14F2N2O3/c1-7-3-4-8(5-9(7)21-2)14(15,16)6-18-11-10(17)12(19)13(11)20/h3-5,18H,6,17H2,1-2H3. The number of halogens is 2. The summed E-state index contributed by atoms with van der Waals surface area (Å²) < 4.78 is 33.2. The molecule has 0 radical (unpaired) electrons. The minimum Gasteiger partial charge on any atom is -0.496 e. The molecule has 0 spiro atoms. The molecule has 0 aromatic heterocycles. The number of hydrogen-bond acceptors (Lipinski definition) is 5. The Hall–Kier alpha value is -2.44. The van der Waals surface area contributed by atoms with Crippen LogP contribution in [0.15, 0.2) is 27.8 Å². The van der Waals surface area contributed by atoms with Gasteiger partial charge in [0.2, 0.25) is 0 Å². The zero-order valence-electron chi connectivity index (χ0n) is 11.5. The van der Waals surface area contributed by atoms with Gasteiger partial charge in [0.1, 0.15) is 17.1 Å². The quantitative estimate of drug-likeness (QED) is 0.815. The van der Waals surface area contributed by atoms with Crippen molar-refractivity contribution >= 4 is 11.4 Å². The SMILES string of the molecule is COc1cc(C(F)(F)CNc2c(N)c(=O)c2=O)ccc1C. The summed E-state index contributed by atoms with van der Waals surface area (Å²) in [6, 6.07) is 4.04. The monoisotopic (exact) mass is 296 g/mol. The number of aryl methyl sites for hydroxylation is 1. The maximum absolute atomic E-state index is 14.1. The Morgan fingerprint density at radius 1 is 1.29 bits per heavy atom. The van der Waals surface area contributed by atoms with Crippen molar-refractivity contribution in [2.75, 3.05) is 24.7 Å². The topological polar surface area (TPSA) is 81.4 Å². The van der Waals surface area contributed by atoms with Crippen LogP contribution >= 0.6 is 0 Å². The van der Waals surface area contributed by atoms with Gasteiger partial charge in [-0.05, 0) is 18.6 Å². The Balaban J connectivity index is 2.19. The summed E-state index contributed by atoms with van der Waals surface area (Å²) >= 11 is 0. The highest BCUT2D eigenvalue weighted by Gasteiger charge is 2.33. The van der Waals surface area contributed by atoms with Gasteiger partial charge in [0.05, 0.1) is 13.7 Å². The lowest BCUT2D eigenvalue weighted by Gasteiger charge is -2.20. The van der Waals surface area contributed by atoms with Gasteiger partial charge in [-0.2, -0.15) is 8.78 Å². The number of rotatable bonds is 5. The molecule has 5 nitrogen and oxygen atoms in total. The Morgan fingerprint density at radius 2 is 1.95 bits per heavy atom. The maximum Gasteiger partial charge on any atom is 0.290 e. The van der Waals surface area contributed by atoms with Gasteiger partial charge in [-0.1, -0.05) is 12.1 Å². The fraction of sp³-hybridized carbons (Fsp3) is 0.286. The fourth-order valence-electron chi connectivity index (χ4n) is 1.93. The van der Waals surface area contributed by atoms with Crippen LogP contribution in [0.4, 0.5) is 20.2 Å². The third kappa shape index (κ3) is 2.58. The summed E-state index contributed by atoms with van der Waals surface area (Å²) in [6.07, 6.45) is 0.